The Labute approximate surface area is 185 Å². The fourth-order valence-electron chi connectivity index (χ4n) is 3.44. The molecule has 2 aromatic rings. The van der Waals surface area contributed by atoms with E-state index in [9.17, 15) is 9.59 Å². The van der Waals surface area contributed by atoms with Crippen molar-refractivity contribution in [1.82, 2.24) is 5.32 Å². The molecule has 1 N–H and O–H groups in total. The molecule has 0 aromatic heterocycles. The van der Waals surface area contributed by atoms with Crippen LogP contribution in [-0.4, -0.2) is 17.9 Å². The van der Waals surface area contributed by atoms with Gasteiger partial charge in [0.1, 0.15) is 0 Å². The van der Waals surface area contributed by atoms with E-state index in [1.165, 1.54) is 18.2 Å². The van der Waals surface area contributed by atoms with Gasteiger partial charge in [0.05, 0.1) is 0 Å². The molecule has 0 aliphatic heterocycles. The summed E-state index contributed by atoms with van der Waals surface area (Å²) in [6, 6.07) is 13.4. The average Bonchev–Trinajstić information content (AvgIpc) is 2.79. The van der Waals surface area contributed by atoms with Crippen molar-refractivity contribution in [2.45, 2.75) is 44.2 Å². The van der Waals surface area contributed by atoms with Crippen molar-refractivity contribution < 1.29 is 14.3 Å². The molecule has 1 saturated carbocycles. The molecular weight excluding hydrogens is 416 g/mol. The second-order valence-electron chi connectivity index (χ2n) is 7.14. The van der Waals surface area contributed by atoms with Crippen LogP contribution < -0.4 is 5.32 Å². The number of azide groups is 1. The Hall–Kier alpha value is -3.46. The lowest BCUT2D eigenvalue weighted by molar-refractivity contribution is -0.151. The van der Waals surface area contributed by atoms with E-state index < -0.39 is 18.0 Å². The lowest BCUT2D eigenvalue weighted by atomic mass is 9.95. The zero-order chi connectivity index (χ0) is 22.1. The van der Waals surface area contributed by atoms with E-state index in [1.54, 1.807) is 24.3 Å². The molecule has 158 valence electrons. The molecule has 0 saturated heterocycles. The van der Waals surface area contributed by atoms with Crippen molar-refractivity contribution in [2.24, 2.45) is 5.11 Å². The zero-order valence-electron chi connectivity index (χ0n) is 16.8. The van der Waals surface area contributed by atoms with Gasteiger partial charge in [0.25, 0.3) is 5.91 Å². The molecule has 7 nitrogen and oxygen atoms in total. The topological polar surface area (TPSA) is 104 Å². The third-order valence-electron chi connectivity index (χ3n) is 4.92. The molecule has 1 amide bonds. The number of rotatable bonds is 5. The second kappa shape index (κ2) is 11.1. The van der Waals surface area contributed by atoms with E-state index in [0.717, 1.165) is 32.1 Å². The summed E-state index contributed by atoms with van der Waals surface area (Å²) in [5.74, 6) is 3.73. The first-order valence-electron chi connectivity index (χ1n) is 9.99. The van der Waals surface area contributed by atoms with Gasteiger partial charge in [0.15, 0.2) is 0 Å². The van der Waals surface area contributed by atoms with Crippen LogP contribution in [-0.2, 0) is 14.3 Å². The summed E-state index contributed by atoms with van der Waals surface area (Å²) in [6.45, 7) is 0. The van der Waals surface area contributed by atoms with Crippen LogP contribution in [0.4, 0.5) is 5.69 Å². The highest BCUT2D eigenvalue weighted by atomic mass is 35.5. The Morgan fingerprint density at radius 3 is 2.61 bits per heavy atom. The Morgan fingerprint density at radius 1 is 1.16 bits per heavy atom. The number of amides is 1. The number of esters is 1. The van der Waals surface area contributed by atoms with Gasteiger partial charge in [-0.25, -0.2) is 4.79 Å². The molecule has 0 radical (unpaired) electrons. The molecule has 1 fully saturated rings. The fraction of sp³-hybridized carbons (Fsp3) is 0.304. The van der Waals surface area contributed by atoms with E-state index in [2.05, 4.69) is 27.2 Å². The molecule has 0 spiro atoms. The number of ether oxygens (including phenoxy) is 1. The van der Waals surface area contributed by atoms with Crippen LogP contribution in [0.2, 0.25) is 5.02 Å². The van der Waals surface area contributed by atoms with E-state index in [-0.39, 0.29) is 17.3 Å². The quantitative estimate of drug-likeness (QED) is 0.224. The van der Waals surface area contributed by atoms with Crippen molar-refractivity contribution >= 4 is 29.2 Å². The van der Waals surface area contributed by atoms with Crippen LogP contribution in [0.5, 0.6) is 0 Å². The van der Waals surface area contributed by atoms with Crippen molar-refractivity contribution in [2.75, 3.05) is 0 Å². The highest BCUT2D eigenvalue weighted by Crippen LogP contribution is 2.32. The number of hydrogen-bond donors (Lipinski definition) is 1. The van der Waals surface area contributed by atoms with Gasteiger partial charge >= 0.3 is 5.97 Å². The number of benzene rings is 2. The molecular formula is C23H21ClN4O3. The van der Waals surface area contributed by atoms with Crippen molar-refractivity contribution in [3.8, 4) is 11.8 Å². The summed E-state index contributed by atoms with van der Waals surface area (Å²) >= 11 is 6.10. The molecule has 0 heterocycles. The highest BCUT2D eigenvalue weighted by Gasteiger charge is 2.29. The first kappa shape index (κ1) is 22.2. The fourth-order valence-corrected chi connectivity index (χ4v) is 3.62. The standard InChI is InChI=1S/C23H21ClN4O3/c24-17-12-13-20(27-28-25)19(15-17)22(23(30)26-18-9-5-2-6-10-18)31-21(29)14-11-16-7-3-1-4-8-16/h1,3-4,7-8,12-13,15,18,22H,2,5-6,9-10H2,(H,26,30). The smallest absolute Gasteiger partial charge is 0.385 e. The predicted octanol–water partition coefficient (Wildman–Crippen LogP) is 5.37. The summed E-state index contributed by atoms with van der Waals surface area (Å²) in [5, 5.41) is 6.87. The maximum atomic E-state index is 13.1. The van der Waals surface area contributed by atoms with Crippen molar-refractivity contribution in [1.29, 1.82) is 0 Å². The molecule has 1 atom stereocenters. The highest BCUT2D eigenvalue weighted by molar-refractivity contribution is 6.30. The van der Waals surface area contributed by atoms with Gasteiger partial charge in [-0.1, -0.05) is 66.2 Å². The summed E-state index contributed by atoms with van der Waals surface area (Å²) in [4.78, 5) is 28.3. The monoisotopic (exact) mass is 436 g/mol. The maximum Gasteiger partial charge on any atom is 0.385 e. The van der Waals surface area contributed by atoms with Crippen molar-refractivity contribution in [3.05, 3.63) is 75.1 Å². The Bertz CT molecular complexity index is 1050. The van der Waals surface area contributed by atoms with Crippen LogP contribution in [0.25, 0.3) is 10.4 Å². The Kier molecular flexibility index (Phi) is 7.94. The third-order valence-corrected chi connectivity index (χ3v) is 5.16. The Balaban J connectivity index is 1.88. The number of nitrogens with zero attached hydrogens (tertiary/aromatic N) is 3. The summed E-state index contributed by atoms with van der Waals surface area (Å²) in [7, 11) is 0. The number of hydrogen-bond acceptors (Lipinski definition) is 4. The number of halogens is 1. The molecule has 1 aliphatic rings. The largest absolute Gasteiger partial charge is 0.438 e. The zero-order valence-corrected chi connectivity index (χ0v) is 17.5. The second-order valence-corrected chi connectivity index (χ2v) is 7.57. The predicted molar refractivity (Wildman–Crippen MR) is 117 cm³/mol. The maximum absolute atomic E-state index is 13.1. The van der Waals surface area contributed by atoms with E-state index in [0.29, 0.717) is 10.6 Å². The SMILES string of the molecule is [N-]=[N+]=Nc1ccc(Cl)cc1C(OC(=O)C#Cc1ccccc1)C(=O)NC1CCCCC1. The minimum Gasteiger partial charge on any atom is -0.438 e. The van der Waals surface area contributed by atoms with E-state index in [4.69, 9.17) is 21.9 Å². The molecule has 1 unspecified atom stereocenters. The van der Waals surface area contributed by atoms with Gasteiger partial charge in [-0.05, 0) is 42.6 Å². The van der Waals surface area contributed by atoms with Crippen LogP contribution in [0, 0.1) is 11.8 Å². The summed E-state index contributed by atoms with van der Waals surface area (Å²) in [5.41, 5.74) is 9.88. The lowest BCUT2D eigenvalue weighted by Gasteiger charge is -2.26. The Morgan fingerprint density at radius 2 is 1.90 bits per heavy atom. The van der Waals surface area contributed by atoms with Gasteiger partial charge in [-0.2, -0.15) is 0 Å². The van der Waals surface area contributed by atoms with Gasteiger partial charge in [0, 0.05) is 38.7 Å². The lowest BCUT2D eigenvalue weighted by Crippen LogP contribution is -2.40. The summed E-state index contributed by atoms with van der Waals surface area (Å²) in [6.07, 6.45) is 3.56. The normalized spacial score (nSPS) is 14.4. The van der Waals surface area contributed by atoms with Crippen molar-refractivity contribution in [3.63, 3.8) is 0 Å². The van der Waals surface area contributed by atoms with Crippen LogP contribution in [0.1, 0.15) is 49.3 Å². The van der Waals surface area contributed by atoms with Gasteiger partial charge in [-0.15, -0.1) is 0 Å². The summed E-state index contributed by atoms with van der Waals surface area (Å²) < 4.78 is 5.44. The molecule has 31 heavy (non-hydrogen) atoms. The molecule has 0 bridgehead atoms. The van der Waals surface area contributed by atoms with Gasteiger partial charge < -0.3 is 10.1 Å². The number of carbonyl (C=O) groups excluding carboxylic acids is 2. The number of carbonyl (C=O) groups is 2. The van der Waals surface area contributed by atoms with Gasteiger partial charge in [0.2, 0.25) is 6.10 Å². The third kappa shape index (κ3) is 6.51. The molecule has 8 heteroatoms. The minimum atomic E-state index is -1.35. The van der Waals surface area contributed by atoms with E-state index in [1.807, 2.05) is 6.07 Å². The minimum absolute atomic E-state index is 0.0000396. The van der Waals surface area contributed by atoms with Gasteiger partial charge in [-0.3, -0.25) is 4.79 Å². The first-order chi connectivity index (χ1) is 15.1. The first-order valence-corrected chi connectivity index (χ1v) is 10.4. The van der Waals surface area contributed by atoms with Crippen LogP contribution in [0.3, 0.4) is 0 Å². The molecule has 3 rings (SSSR count). The average molecular weight is 437 g/mol. The number of nitrogens with one attached hydrogen (secondary N) is 1. The van der Waals surface area contributed by atoms with Crippen LogP contribution in [0.15, 0.2) is 53.6 Å². The molecule has 1 aliphatic carbocycles. The molecule has 2 aromatic carbocycles. The van der Waals surface area contributed by atoms with Crippen LogP contribution >= 0.6 is 11.6 Å². The van der Waals surface area contributed by atoms with E-state index >= 15 is 0 Å².